The smallest absolute Gasteiger partial charge is 0.238 e. The first-order valence-electron chi connectivity index (χ1n) is 5.10. The number of nitrogens with zero attached hydrogens (tertiary/aromatic N) is 1. The topological polar surface area (TPSA) is 74.8 Å². The molecule has 0 aliphatic carbocycles. The molecule has 0 radical (unpaired) electrons. The second-order valence-corrected chi connectivity index (χ2v) is 5.54. The Bertz CT molecular complexity index is 591. The van der Waals surface area contributed by atoms with Crippen LogP contribution in [0.3, 0.4) is 0 Å². The summed E-state index contributed by atoms with van der Waals surface area (Å²) in [5, 5.41) is 6.23. The van der Waals surface area contributed by atoms with Crippen molar-refractivity contribution in [2.75, 3.05) is 4.72 Å². The SMILES string of the molecule is Cc1cccc(CS(=O)(=O)Nc2ccn[nH]2)c1. The lowest BCUT2D eigenvalue weighted by atomic mass is 10.2. The Kier molecular flexibility index (Phi) is 3.14. The van der Waals surface area contributed by atoms with Gasteiger partial charge in [-0.3, -0.25) is 9.82 Å². The Morgan fingerprint density at radius 1 is 1.35 bits per heavy atom. The molecule has 17 heavy (non-hydrogen) atoms. The molecule has 2 N–H and O–H groups in total. The van der Waals surface area contributed by atoms with Gasteiger partial charge in [0.25, 0.3) is 0 Å². The van der Waals surface area contributed by atoms with Crippen molar-refractivity contribution in [2.45, 2.75) is 12.7 Å². The predicted molar refractivity (Wildman–Crippen MR) is 66.0 cm³/mol. The molecular weight excluding hydrogens is 238 g/mol. The van der Waals surface area contributed by atoms with Crippen LogP contribution < -0.4 is 4.72 Å². The number of aryl methyl sites for hydroxylation is 1. The summed E-state index contributed by atoms with van der Waals surface area (Å²) in [6.07, 6.45) is 1.49. The normalized spacial score (nSPS) is 11.4. The van der Waals surface area contributed by atoms with Crippen molar-refractivity contribution in [1.29, 1.82) is 0 Å². The lowest BCUT2D eigenvalue weighted by Gasteiger charge is -2.06. The van der Waals surface area contributed by atoms with E-state index in [1.54, 1.807) is 12.1 Å². The minimum absolute atomic E-state index is 0.0479. The average Bonchev–Trinajstić information content (AvgIpc) is 2.68. The van der Waals surface area contributed by atoms with Crippen LogP contribution >= 0.6 is 0 Å². The monoisotopic (exact) mass is 251 g/mol. The molecular formula is C11H13N3O2S. The Morgan fingerprint density at radius 2 is 2.18 bits per heavy atom. The average molecular weight is 251 g/mol. The number of rotatable bonds is 4. The van der Waals surface area contributed by atoms with Gasteiger partial charge in [0.05, 0.1) is 11.9 Å². The van der Waals surface area contributed by atoms with Gasteiger partial charge in [-0.1, -0.05) is 29.8 Å². The Morgan fingerprint density at radius 3 is 2.82 bits per heavy atom. The zero-order valence-electron chi connectivity index (χ0n) is 9.34. The molecule has 0 fully saturated rings. The van der Waals surface area contributed by atoms with Crippen LogP contribution in [0.25, 0.3) is 0 Å². The fraction of sp³-hybridized carbons (Fsp3) is 0.182. The number of benzene rings is 1. The summed E-state index contributed by atoms with van der Waals surface area (Å²) in [5.74, 6) is 0.325. The molecule has 0 atom stereocenters. The molecule has 0 bridgehead atoms. The Balaban J connectivity index is 2.12. The van der Waals surface area contributed by atoms with Crippen molar-refractivity contribution < 1.29 is 8.42 Å². The van der Waals surface area contributed by atoms with Gasteiger partial charge in [0.1, 0.15) is 5.82 Å². The molecule has 1 aromatic carbocycles. The molecule has 0 saturated heterocycles. The van der Waals surface area contributed by atoms with E-state index in [-0.39, 0.29) is 5.75 Å². The highest BCUT2D eigenvalue weighted by molar-refractivity contribution is 7.91. The van der Waals surface area contributed by atoms with Gasteiger partial charge in [0.2, 0.25) is 10.0 Å². The first-order valence-corrected chi connectivity index (χ1v) is 6.76. The molecule has 0 unspecified atom stereocenters. The summed E-state index contributed by atoms with van der Waals surface area (Å²) in [6, 6.07) is 8.98. The summed E-state index contributed by atoms with van der Waals surface area (Å²) in [6.45, 7) is 1.93. The van der Waals surface area contributed by atoms with Crippen LogP contribution in [0.15, 0.2) is 36.5 Å². The first-order chi connectivity index (χ1) is 8.05. The van der Waals surface area contributed by atoms with E-state index >= 15 is 0 Å². The fourth-order valence-electron chi connectivity index (χ4n) is 1.54. The zero-order chi connectivity index (χ0) is 12.3. The zero-order valence-corrected chi connectivity index (χ0v) is 10.2. The summed E-state index contributed by atoms with van der Waals surface area (Å²) >= 11 is 0. The van der Waals surface area contributed by atoms with Crippen LogP contribution in [0, 0.1) is 6.92 Å². The number of H-pyrrole nitrogens is 1. The van der Waals surface area contributed by atoms with Crippen LogP contribution in [0.5, 0.6) is 0 Å². The molecule has 0 spiro atoms. The van der Waals surface area contributed by atoms with E-state index in [0.717, 1.165) is 11.1 Å². The number of hydrogen-bond acceptors (Lipinski definition) is 3. The maximum absolute atomic E-state index is 11.8. The van der Waals surface area contributed by atoms with Gasteiger partial charge in [-0.25, -0.2) is 8.42 Å². The van der Waals surface area contributed by atoms with Crippen molar-refractivity contribution >= 4 is 15.8 Å². The van der Waals surface area contributed by atoms with Gasteiger partial charge in [-0.15, -0.1) is 0 Å². The predicted octanol–water partition coefficient (Wildman–Crippen LogP) is 1.66. The number of nitrogens with one attached hydrogen (secondary N) is 2. The highest BCUT2D eigenvalue weighted by Crippen LogP contribution is 2.11. The minimum atomic E-state index is -3.40. The second-order valence-electron chi connectivity index (χ2n) is 3.82. The minimum Gasteiger partial charge on any atom is -0.267 e. The van der Waals surface area contributed by atoms with E-state index in [9.17, 15) is 8.42 Å². The molecule has 6 heteroatoms. The lowest BCUT2D eigenvalue weighted by Crippen LogP contribution is -2.15. The molecule has 0 aliphatic rings. The molecule has 1 heterocycles. The van der Waals surface area contributed by atoms with Gasteiger partial charge < -0.3 is 0 Å². The molecule has 1 aromatic heterocycles. The quantitative estimate of drug-likeness (QED) is 0.867. The van der Waals surface area contributed by atoms with E-state index in [0.29, 0.717) is 5.82 Å². The fourth-order valence-corrected chi connectivity index (χ4v) is 2.68. The summed E-state index contributed by atoms with van der Waals surface area (Å²) in [7, 11) is -3.40. The van der Waals surface area contributed by atoms with Gasteiger partial charge in [-0.05, 0) is 12.5 Å². The number of anilines is 1. The third-order valence-corrected chi connectivity index (χ3v) is 3.45. The van der Waals surface area contributed by atoms with Crippen molar-refractivity contribution in [2.24, 2.45) is 0 Å². The number of aromatic amines is 1. The highest BCUT2D eigenvalue weighted by atomic mass is 32.2. The molecule has 2 aromatic rings. The number of aromatic nitrogens is 2. The van der Waals surface area contributed by atoms with Crippen molar-refractivity contribution in [3.8, 4) is 0 Å². The van der Waals surface area contributed by atoms with Crippen molar-refractivity contribution in [3.05, 3.63) is 47.7 Å². The Hall–Kier alpha value is -1.82. The molecule has 0 amide bonds. The molecule has 90 valence electrons. The van der Waals surface area contributed by atoms with Crippen LogP contribution in [0.4, 0.5) is 5.82 Å². The van der Waals surface area contributed by atoms with Crippen LogP contribution in [0.1, 0.15) is 11.1 Å². The van der Waals surface area contributed by atoms with E-state index in [1.807, 2.05) is 25.1 Å². The van der Waals surface area contributed by atoms with E-state index in [2.05, 4.69) is 14.9 Å². The molecule has 5 nitrogen and oxygen atoms in total. The van der Waals surface area contributed by atoms with E-state index in [4.69, 9.17) is 0 Å². The van der Waals surface area contributed by atoms with Gasteiger partial charge in [0.15, 0.2) is 0 Å². The first kappa shape index (κ1) is 11.7. The third kappa shape index (κ3) is 3.32. The number of hydrogen-bond donors (Lipinski definition) is 2. The summed E-state index contributed by atoms with van der Waals surface area (Å²) < 4.78 is 26.1. The van der Waals surface area contributed by atoms with Crippen LogP contribution in [-0.4, -0.2) is 18.6 Å². The van der Waals surface area contributed by atoms with Gasteiger partial charge >= 0.3 is 0 Å². The summed E-state index contributed by atoms with van der Waals surface area (Å²) in [4.78, 5) is 0. The van der Waals surface area contributed by atoms with Crippen molar-refractivity contribution in [1.82, 2.24) is 10.2 Å². The van der Waals surface area contributed by atoms with E-state index < -0.39 is 10.0 Å². The summed E-state index contributed by atoms with van der Waals surface area (Å²) in [5.41, 5.74) is 1.80. The maximum atomic E-state index is 11.8. The standard InChI is InChI=1S/C11H13N3O2S/c1-9-3-2-4-10(7-9)8-17(15,16)14-11-5-6-12-13-11/h2-7H,8H2,1H3,(H2,12,13,14). The van der Waals surface area contributed by atoms with Gasteiger partial charge in [-0.2, -0.15) is 5.10 Å². The van der Waals surface area contributed by atoms with Crippen LogP contribution in [-0.2, 0) is 15.8 Å². The largest absolute Gasteiger partial charge is 0.267 e. The second kappa shape index (κ2) is 4.58. The van der Waals surface area contributed by atoms with Gasteiger partial charge in [0, 0.05) is 6.07 Å². The Labute approximate surface area is 99.9 Å². The lowest BCUT2D eigenvalue weighted by molar-refractivity contribution is 0.600. The highest BCUT2D eigenvalue weighted by Gasteiger charge is 2.12. The third-order valence-electron chi connectivity index (χ3n) is 2.21. The van der Waals surface area contributed by atoms with E-state index in [1.165, 1.54) is 6.20 Å². The molecule has 2 rings (SSSR count). The van der Waals surface area contributed by atoms with Crippen molar-refractivity contribution in [3.63, 3.8) is 0 Å². The maximum Gasteiger partial charge on any atom is 0.238 e. The molecule has 0 saturated carbocycles. The number of sulfonamides is 1. The molecule has 0 aliphatic heterocycles. The van der Waals surface area contributed by atoms with Crippen LogP contribution in [0.2, 0.25) is 0 Å².